The lowest BCUT2D eigenvalue weighted by Gasteiger charge is -2.36. The molecule has 3 aromatic carbocycles. The van der Waals surface area contributed by atoms with E-state index in [0.29, 0.717) is 12.5 Å². The second-order valence-corrected chi connectivity index (χ2v) is 8.97. The highest BCUT2D eigenvalue weighted by molar-refractivity contribution is 6.07. The van der Waals surface area contributed by atoms with Crippen LogP contribution in [0.4, 0.5) is 10.1 Å². The molecule has 0 unspecified atom stereocenters. The number of hydrogen-bond acceptors (Lipinski definition) is 2. The van der Waals surface area contributed by atoms with Crippen molar-refractivity contribution in [1.82, 2.24) is 0 Å². The van der Waals surface area contributed by atoms with E-state index in [-0.39, 0.29) is 11.7 Å². The van der Waals surface area contributed by atoms with Gasteiger partial charge in [0.2, 0.25) is 5.91 Å². The highest BCUT2D eigenvalue weighted by Gasteiger charge is 2.41. The van der Waals surface area contributed by atoms with E-state index < -0.39 is 5.41 Å². The van der Waals surface area contributed by atoms with Crippen molar-refractivity contribution in [1.29, 1.82) is 0 Å². The summed E-state index contributed by atoms with van der Waals surface area (Å²) in [6.07, 6.45) is 4.66. The Bertz CT molecular complexity index is 1050. The number of hydrogen-bond donors (Lipinski definition) is 1. The van der Waals surface area contributed by atoms with Gasteiger partial charge < -0.3 is 10.1 Å². The van der Waals surface area contributed by atoms with Gasteiger partial charge in [-0.05, 0) is 48.6 Å². The zero-order valence-electron chi connectivity index (χ0n) is 18.3. The van der Waals surface area contributed by atoms with Gasteiger partial charge in [0.15, 0.2) is 0 Å². The maximum atomic E-state index is 13.7. The Labute approximate surface area is 183 Å². The fourth-order valence-corrected chi connectivity index (χ4v) is 4.58. The number of benzene rings is 3. The highest BCUT2D eigenvalue weighted by Crippen LogP contribution is 2.41. The molecule has 31 heavy (non-hydrogen) atoms. The van der Waals surface area contributed by atoms with E-state index in [2.05, 4.69) is 19.2 Å². The number of anilines is 1. The van der Waals surface area contributed by atoms with Gasteiger partial charge in [-0.15, -0.1) is 0 Å². The van der Waals surface area contributed by atoms with Crippen molar-refractivity contribution in [3.05, 3.63) is 72.0 Å². The van der Waals surface area contributed by atoms with E-state index in [9.17, 15) is 9.18 Å². The van der Waals surface area contributed by atoms with E-state index in [4.69, 9.17) is 4.74 Å². The maximum absolute atomic E-state index is 13.7. The van der Waals surface area contributed by atoms with Gasteiger partial charge in [0.05, 0.1) is 12.0 Å². The van der Waals surface area contributed by atoms with Gasteiger partial charge in [0, 0.05) is 16.5 Å². The molecule has 1 saturated carbocycles. The Hall–Kier alpha value is -2.88. The van der Waals surface area contributed by atoms with Crippen molar-refractivity contribution in [2.45, 2.75) is 51.4 Å². The van der Waals surface area contributed by atoms with Crippen LogP contribution >= 0.6 is 0 Å². The number of rotatable bonds is 6. The Morgan fingerprint density at radius 2 is 1.65 bits per heavy atom. The minimum absolute atomic E-state index is 0.0141. The van der Waals surface area contributed by atoms with Crippen LogP contribution in [-0.4, -0.2) is 12.5 Å². The van der Waals surface area contributed by atoms with Gasteiger partial charge >= 0.3 is 0 Å². The molecule has 0 bridgehead atoms. The van der Waals surface area contributed by atoms with Crippen LogP contribution in [0.1, 0.15) is 51.5 Å². The summed E-state index contributed by atoms with van der Waals surface area (Å²) in [7, 11) is 0. The number of ether oxygens (including phenoxy) is 1. The number of halogens is 1. The third-order valence-corrected chi connectivity index (χ3v) is 6.24. The van der Waals surface area contributed by atoms with Crippen LogP contribution in [0.25, 0.3) is 10.8 Å². The normalized spacial score (nSPS) is 15.7. The number of carbonyl (C=O) groups is 1. The summed E-state index contributed by atoms with van der Waals surface area (Å²) in [4.78, 5) is 13.7. The maximum Gasteiger partial charge on any atom is 0.235 e. The van der Waals surface area contributed by atoms with Crippen LogP contribution in [-0.2, 0) is 10.2 Å². The van der Waals surface area contributed by atoms with Gasteiger partial charge in [0.25, 0.3) is 0 Å². The molecule has 4 heteroatoms. The first kappa shape index (κ1) is 21.4. The minimum atomic E-state index is -0.625. The van der Waals surface area contributed by atoms with Gasteiger partial charge in [-0.25, -0.2) is 4.39 Å². The first-order valence-corrected chi connectivity index (χ1v) is 11.2. The van der Waals surface area contributed by atoms with E-state index in [1.807, 2.05) is 36.4 Å². The molecule has 162 valence electrons. The van der Waals surface area contributed by atoms with Crippen molar-refractivity contribution >= 4 is 22.4 Å². The van der Waals surface area contributed by atoms with Crippen molar-refractivity contribution < 1.29 is 13.9 Å². The molecular formula is C27H30FNO2. The molecule has 0 aromatic heterocycles. The second kappa shape index (κ2) is 9.09. The van der Waals surface area contributed by atoms with Crippen LogP contribution in [0.15, 0.2) is 60.7 Å². The molecule has 1 aliphatic carbocycles. The number of amides is 1. The van der Waals surface area contributed by atoms with Crippen LogP contribution in [0.5, 0.6) is 5.75 Å². The second-order valence-electron chi connectivity index (χ2n) is 8.97. The summed E-state index contributed by atoms with van der Waals surface area (Å²) in [5, 5.41) is 5.16. The monoisotopic (exact) mass is 419 g/mol. The third kappa shape index (κ3) is 4.43. The van der Waals surface area contributed by atoms with Gasteiger partial charge in [-0.3, -0.25) is 4.79 Å². The predicted octanol–water partition coefficient (Wildman–Crippen LogP) is 6.85. The summed E-state index contributed by atoms with van der Waals surface area (Å²) < 4.78 is 19.5. The minimum Gasteiger partial charge on any atom is -0.493 e. The van der Waals surface area contributed by atoms with Crippen molar-refractivity contribution in [3.8, 4) is 5.75 Å². The van der Waals surface area contributed by atoms with Gasteiger partial charge in [-0.2, -0.15) is 0 Å². The summed E-state index contributed by atoms with van der Waals surface area (Å²) in [6.45, 7) is 4.88. The van der Waals surface area contributed by atoms with E-state index in [1.54, 1.807) is 12.1 Å². The predicted molar refractivity (Wildman–Crippen MR) is 124 cm³/mol. The molecule has 0 atom stereocenters. The Morgan fingerprint density at radius 3 is 2.32 bits per heavy atom. The topological polar surface area (TPSA) is 38.3 Å². The summed E-state index contributed by atoms with van der Waals surface area (Å²) in [5.74, 6) is 0.964. The molecular weight excluding hydrogens is 389 g/mol. The third-order valence-electron chi connectivity index (χ3n) is 6.24. The summed E-state index contributed by atoms with van der Waals surface area (Å²) >= 11 is 0. The van der Waals surface area contributed by atoms with E-state index in [1.165, 1.54) is 12.1 Å². The lowest BCUT2D eigenvalue weighted by Crippen LogP contribution is -2.42. The molecule has 3 nitrogen and oxygen atoms in total. The van der Waals surface area contributed by atoms with E-state index in [0.717, 1.165) is 59.9 Å². The molecule has 0 saturated heterocycles. The standard InChI is InChI=1S/C27H30FNO2/c1-19(2)18-31-25-15-14-24(22-8-4-5-9-23(22)25)29-26(30)27(16-6-3-7-17-27)20-10-12-21(28)13-11-20/h4-5,8-15,19H,3,6-7,16-18H2,1-2H3,(H,29,30). The molecule has 1 aliphatic rings. The molecule has 4 rings (SSSR count). The number of carbonyl (C=O) groups excluding carboxylic acids is 1. The summed E-state index contributed by atoms with van der Waals surface area (Å²) in [6, 6.07) is 18.3. The largest absolute Gasteiger partial charge is 0.493 e. The van der Waals surface area contributed by atoms with Gasteiger partial charge in [0.1, 0.15) is 11.6 Å². The Kier molecular flexibility index (Phi) is 6.26. The average molecular weight is 420 g/mol. The highest BCUT2D eigenvalue weighted by atomic mass is 19.1. The summed E-state index contributed by atoms with van der Waals surface area (Å²) in [5.41, 5.74) is 1.05. The lowest BCUT2D eigenvalue weighted by atomic mass is 9.68. The van der Waals surface area contributed by atoms with E-state index >= 15 is 0 Å². The average Bonchev–Trinajstić information content (AvgIpc) is 2.79. The number of fused-ring (bicyclic) bond motifs is 1. The number of nitrogens with one attached hydrogen (secondary N) is 1. The Balaban J connectivity index is 1.68. The molecule has 0 radical (unpaired) electrons. The molecule has 1 fully saturated rings. The molecule has 0 heterocycles. The molecule has 0 spiro atoms. The first-order chi connectivity index (χ1) is 15.0. The smallest absolute Gasteiger partial charge is 0.235 e. The Morgan fingerprint density at radius 1 is 0.968 bits per heavy atom. The molecule has 1 amide bonds. The zero-order chi connectivity index (χ0) is 21.8. The fraction of sp³-hybridized carbons (Fsp3) is 0.370. The first-order valence-electron chi connectivity index (χ1n) is 11.2. The quantitative estimate of drug-likeness (QED) is 0.474. The van der Waals surface area contributed by atoms with Crippen molar-refractivity contribution in [2.24, 2.45) is 5.92 Å². The molecule has 3 aromatic rings. The van der Waals surface area contributed by atoms with Gasteiger partial charge in [-0.1, -0.05) is 69.5 Å². The lowest BCUT2D eigenvalue weighted by molar-refractivity contribution is -0.122. The molecule has 1 N–H and O–H groups in total. The van der Waals surface area contributed by atoms with Crippen LogP contribution in [0, 0.1) is 11.7 Å². The van der Waals surface area contributed by atoms with Crippen molar-refractivity contribution in [2.75, 3.05) is 11.9 Å². The van der Waals surface area contributed by atoms with Crippen LogP contribution in [0.3, 0.4) is 0 Å². The van der Waals surface area contributed by atoms with Crippen LogP contribution in [0.2, 0.25) is 0 Å². The fourth-order valence-electron chi connectivity index (χ4n) is 4.58. The zero-order valence-corrected chi connectivity index (χ0v) is 18.3. The molecule has 0 aliphatic heterocycles. The van der Waals surface area contributed by atoms with Crippen LogP contribution < -0.4 is 10.1 Å². The van der Waals surface area contributed by atoms with Crippen molar-refractivity contribution in [3.63, 3.8) is 0 Å². The SMILES string of the molecule is CC(C)COc1ccc(NC(=O)C2(c3ccc(F)cc3)CCCCC2)c2ccccc12.